The summed E-state index contributed by atoms with van der Waals surface area (Å²) in [5.74, 6) is -1.16. The number of carbonyl (C=O) groups excluding carboxylic acids is 2. The average Bonchev–Trinajstić information content (AvgIpc) is 2.76. The first-order chi connectivity index (χ1) is 14.9. The molecule has 3 aromatic carbocycles. The molecule has 0 spiro atoms. The lowest BCUT2D eigenvalue weighted by molar-refractivity contribution is 0.0951. The van der Waals surface area contributed by atoms with Gasteiger partial charge in [-0.15, -0.1) is 0 Å². The summed E-state index contributed by atoms with van der Waals surface area (Å²) in [4.78, 5) is 25.6. The topological polar surface area (TPSA) is 81.3 Å². The van der Waals surface area contributed by atoms with E-state index in [2.05, 4.69) is 10.0 Å². The van der Waals surface area contributed by atoms with Crippen molar-refractivity contribution in [2.24, 2.45) is 0 Å². The smallest absolute Gasteiger partial charge is 0.251 e. The molecule has 4 rings (SSSR count). The van der Waals surface area contributed by atoms with Gasteiger partial charge in [-0.3, -0.25) is 9.59 Å². The molecule has 5 nitrogen and oxygen atoms in total. The number of carbonyl (C=O) groups is 2. The second-order valence-corrected chi connectivity index (χ2v) is 8.45. The molecule has 31 heavy (non-hydrogen) atoms. The normalized spacial score (nSPS) is 16.5. The molecule has 0 aliphatic carbocycles. The molecular formula is C23H16ClFN2O3S. The highest BCUT2D eigenvalue weighted by atomic mass is 35.5. The highest BCUT2D eigenvalue weighted by Gasteiger charge is 2.34. The van der Waals surface area contributed by atoms with E-state index in [-0.39, 0.29) is 34.3 Å². The Bertz CT molecular complexity index is 1200. The van der Waals surface area contributed by atoms with E-state index in [0.717, 1.165) is 5.56 Å². The second-order valence-electron chi connectivity index (χ2n) is 6.83. The lowest BCUT2D eigenvalue weighted by Crippen LogP contribution is -2.28. The molecule has 3 aromatic rings. The average molecular weight is 455 g/mol. The lowest BCUT2D eigenvalue weighted by Gasteiger charge is -2.21. The summed E-state index contributed by atoms with van der Waals surface area (Å²) in [5, 5.41) is 3.24. The monoisotopic (exact) mass is 454 g/mol. The zero-order valence-electron chi connectivity index (χ0n) is 16.0. The van der Waals surface area contributed by atoms with Gasteiger partial charge in [0.15, 0.2) is 0 Å². The van der Waals surface area contributed by atoms with Crippen LogP contribution in [0.3, 0.4) is 0 Å². The van der Waals surface area contributed by atoms with Crippen molar-refractivity contribution in [1.29, 1.82) is 0 Å². The fraction of sp³-hybridized carbons (Fsp3) is 0.0435. The molecule has 156 valence electrons. The molecule has 1 heterocycles. The van der Waals surface area contributed by atoms with Gasteiger partial charge in [0.05, 0.1) is 11.3 Å². The summed E-state index contributed by atoms with van der Waals surface area (Å²) in [7, 11) is 0. The van der Waals surface area contributed by atoms with Crippen LogP contribution in [0.15, 0.2) is 71.6 Å². The summed E-state index contributed by atoms with van der Waals surface area (Å²) in [6, 6.07) is 17.2. The fourth-order valence-corrected chi connectivity index (χ4v) is 4.30. The molecule has 0 bridgehead atoms. The Balaban J connectivity index is 1.56. The van der Waals surface area contributed by atoms with E-state index in [9.17, 15) is 18.5 Å². The molecule has 2 N–H and O–H groups in total. The molecule has 8 heteroatoms. The molecular weight excluding hydrogens is 439 g/mol. The van der Waals surface area contributed by atoms with E-state index in [1.54, 1.807) is 48.5 Å². The number of Topliss-reactive ketones (excluding diaryl/α,β-unsaturated/α-hetero) is 1. The van der Waals surface area contributed by atoms with Gasteiger partial charge in [0, 0.05) is 23.2 Å². The van der Waals surface area contributed by atoms with Crippen LogP contribution in [-0.4, -0.2) is 16.2 Å². The van der Waals surface area contributed by atoms with Gasteiger partial charge in [-0.05, 0) is 53.6 Å². The van der Waals surface area contributed by atoms with Gasteiger partial charge in [-0.25, -0.2) is 9.11 Å². The van der Waals surface area contributed by atoms with Crippen molar-refractivity contribution in [3.8, 4) is 0 Å². The van der Waals surface area contributed by atoms with E-state index >= 15 is 0 Å². The molecule has 0 aromatic heterocycles. The van der Waals surface area contributed by atoms with Crippen LogP contribution < -0.4 is 10.0 Å². The van der Waals surface area contributed by atoms with Gasteiger partial charge in [-0.1, -0.05) is 35.9 Å². The Morgan fingerprint density at radius 2 is 1.90 bits per heavy atom. The van der Waals surface area contributed by atoms with Crippen molar-refractivity contribution < 1.29 is 18.5 Å². The minimum absolute atomic E-state index is 0.0682. The number of allylic oxidation sites excluding steroid dienone is 1. The van der Waals surface area contributed by atoms with Crippen molar-refractivity contribution in [3.63, 3.8) is 0 Å². The summed E-state index contributed by atoms with van der Waals surface area (Å²) in [6.07, 6.45) is 1.52. The van der Waals surface area contributed by atoms with Crippen LogP contribution >= 0.6 is 11.6 Å². The predicted octanol–water partition coefficient (Wildman–Crippen LogP) is 4.72. The number of rotatable bonds is 4. The van der Waals surface area contributed by atoms with Crippen LogP contribution in [0.2, 0.25) is 5.02 Å². The molecule has 0 fully saturated rings. The molecule has 1 aliphatic heterocycles. The first kappa shape index (κ1) is 21.1. The lowest BCUT2D eigenvalue weighted by atomic mass is 10.0. The Labute approximate surface area is 186 Å². The summed E-state index contributed by atoms with van der Waals surface area (Å²) >= 11 is 4.25. The third kappa shape index (κ3) is 4.80. The Morgan fingerprint density at radius 3 is 2.65 bits per heavy atom. The van der Waals surface area contributed by atoms with Gasteiger partial charge in [-0.2, -0.15) is 0 Å². The largest absolute Gasteiger partial charge is 0.588 e. The maximum Gasteiger partial charge on any atom is 0.251 e. The van der Waals surface area contributed by atoms with Crippen molar-refractivity contribution in [2.75, 3.05) is 4.72 Å². The first-order valence-corrected chi connectivity index (χ1v) is 10.8. The summed E-state index contributed by atoms with van der Waals surface area (Å²) in [6.45, 7) is 0.215. The highest BCUT2D eigenvalue weighted by Crippen LogP contribution is 2.31. The third-order valence-electron chi connectivity index (χ3n) is 4.67. The van der Waals surface area contributed by atoms with Gasteiger partial charge in [0.2, 0.25) is 10.7 Å². The number of benzene rings is 3. The number of hydrogen-bond acceptors (Lipinski definition) is 4. The van der Waals surface area contributed by atoms with Crippen molar-refractivity contribution in [2.45, 2.75) is 6.54 Å². The fourth-order valence-electron chi connectivity index (χ4n) is 3.09. The maximum absolute atomic E-state index is 13.0. The molecule has 1 aliphatic rings. The minimum atomic E-state index is -1.74. The van der Waals surface area contributed by atoms with E-state index < -0.39 is 17.1 Å². The Kier molecular flexibility index (Phi) is 6.08. The van der Waals surface area contributed by atoms with Gasteiger partial charge >= 0.3 is 0 Å². The van der Waals surface area contributed by atoms with Gasteiger partial charge < -0.3 is 9.87 Å². The molecule has 0 saturated carbocycles. The van der Waals surface area contributed by atoms with Crippen LogP contribution in [0.5, 0.6) is 0 Å². The number of halogens is 2. The zero-order valence-corrected chi connectivity index (χ0v) is 17.6. The number of nitrogens with one attached hydrogen (secondary N) is 2. The second kappa shape index (κ2) is 8.93. The Morgan fingerprint density at radius 1 is 1.13 bits per heavy atom. The van der Waals surface area contributed by atoms with Crippen LogP contribution in [0.4, 0.5) is 10.1 Å². The van der Waals surface area contributed by atoms with Crippen LogP contribution in [-0.2, 0) is 17.9 Å². The van der Waals surface area contributed by atoms with Crippen LogP contribution in [0.25, 0.3) is 6.08 Å². The minimum Gasteiger partial charge on any atom is -0.588 e. The number of hydrogen-bond donors (Lipinski definition) is 2. The number of anilines is 1. The predicted molar refractivity (Wildman–Crippen MR) is 120 cm³/mol. The third-order valence-corrected chi connectivity index (χ3v) is 6.01. The molecule has 0 saturated heterocycles. The quantitative estimate of drug-likeness (QED) is 0.441. The Hall–Kier alpha value is -3.13. The van der Waals surface area contributed by atoms with E-state index in [0.29, 0.717) is 16.3 Å². The van der Waals surface area contributed by atoms with Gasteiger partial charge in [0.1, 0.15) is 17.2 Å². The number of ketones is 1. The zero-order chi connectivity index (χ0) is 22.0. The summed E-state index contributed by atoms with van der Waals surface area (Å²) in [5.41, 5.74) is 2.31. The first-order valence-electron chi connectivity index (χ1n) is 9.28. The van der Waals surface area contributed by atoms with Crippen molar-refractivity contribution in [1.82, 2.24) is 5.32 Å². The molecule has 0 radical (unpaired) electrons. The van der Waals surface area contributed by atoms with Crippen LogP contribution in [0, 0.1) is 5.82 Å². The van der Waals surface area contributed by atoms with Crippen LogP contribution in [0.1, 0.15) is 31.8 Å². The standard InChI is InChI=1S/C23H16ClFN2O3S/c24-17-3-1-2-15(10-17)11-21-22(28)19-12-16(6-9-20(19)27-31(21)30)23(29)26-13-14-4-7-18(25)8-5-14/h1-12,27H,13H2,(H,26,29)/b21-11-. The number of amides is 1. The molecule has 1 amide bonds. The SMILES string of the molecule is O=C(NCc1ccc(F)cc1)c1ccc2c(c1)C(=O)/C(=C/c1cccc(Cl)c1)[S+]([O-])N2. The van der Waals surface area contributed by atoms with Gasteiger partial charge in [0.25, 0.3) is 5.91 Å². The maximum atomic E-state index is 13.0. The number of fused-ring (bicyclic) bond motifs is 1. The highest BCUT2D eigenvalue weighted by molar-refractivity contribution is 7.97. The van der Waals surface area contributed by atoms with Crippen molar-refractivity contribution in [3.05, 3.63) is 105 Å². The van der Waals surface area contributed by atoms with E-state index in [1.165, 1.54) is 24.3 Å². The van der Waals surface area contributed by atoms with E-state index in [4.69, 9.17) is 11.6 Å². The molecule has 1 atom stereocenters. The summed E-state index contributed by atoms with van der Waals surface area (Å²) < 4.78 is 28.3. The van der Waals surface area contributed by atoms with Crippen molar-refractivity contribution >= 4 is 46.4 Å². The van der Waals surface area contributed by atoms with E-state index in [1.807, 2.05) is 0 Å². The molecule has 1 unspecified atom stereocenters.